The van der Waals surface area contributed by atoms with Crippen molar-refractivity contribution >= 4 is 48.6 Å². The summed E-state index contributed by atoms with van der Waals surface area (Å²) in [6, 6.07) is 11.1. The third-order valence-corrected chi connectivity index (χ3v) is 8.55. The number of para-hydroxylation sites is 1. The van der Waals surface area contributed by atoms with Gasteiger partial charge in [-0.05, 0) is 36.4 Å². The molecule has 3 aromatic carbocycles. The summed E-state index contributed by atoms with van der Waals surface area (Å²) < 4.78 is 67.1. The lowest BCUT2D eigenvalue weighted by molar-refractivity contribution is -0.385. The second kappa shape index (κ2) is 9.59. The van der Waals surface area contributed by atoms with Crippen molar-refractivity contribution in [1.82, 2.24) is 0 Å². The Bertz CT molecular complexity index is 1690. The number of rotatable bonds is 7. The van der Waals surface area contributed by atoms with Crippen LogP contribution in [0.4, 0.5) is 21.5 Å². The van der Waals surface area contributed by atoms with Crippen LogP contribution >= 0.6 is 0 Å². The minimum atomic E-state index is -4.60. The highest BCUT2D eigenvalue weighted by Gasteiger charge is 2.29. The lowest BCUT2D eigenvalue weighted by Gasteiger charge is -2.19. The molecule has 0 amide bonds. The molecule has 192 valence electrons. The number of nitrogens with one attached hydrogen (secondary N) is 2. The number of hydrogen-bond donors (Lipinski definition) is 3. The van der Waals surface area contributed by atoms with Gasteiger partial charge in [0.25, 0.3) is 15.7 Å². The maximum Gasteiger partial charge on any atom is 0.337 e. The molecule has 0 aromatic heterocycles. The second-order valence-electron chi connectivity index (χ2n) is 7.77. The highest BCUT2D eigenvalue weighted by Crippen LogP contribution is 2.31. The van der Waals surface area contributed by atoms with Crippen molar-refractivity contribution in [3.63, 3.8) is 0 Å². The molecule has 12 nitrogen and oxygen atoms in total. The van der Waals surface area contributed by atoms with Crippen LogP contribution in [-0.4, -0.2) is 44.3 Å². The van der Waals surface area contributed by atoms with Crippen LogP contribution in [0, 0.1) is 15.9 Å². The van der Waals surface area contributed by atoms with Gasteiger partial charge in [-0.1, -0.05) is 12.1 Å². The monoisotopic (exact) mass is 548 g/mol. The molecule has 0 unspecified atom stereocenters. The number of carboxylic acids is 1. The molecule has 0 saturated heterocycles. The summed E-state index contributed by atoms with van der Waals surface area (Å²) in [5.41, 5.74) is 1.17. The number of hydrazone groups is 1. The number of benzene rings is 3. The third-order valence-electron chi connectivity index (χ3n) is 5.37. The summed E-state index contributed by atoms with van der Waals surface area (Å²) in [6.45, 7) is 0. The van der Waals surface area contributed by atoms with Crippen molar-refractivity contribution < 1.29 is 36.1 Å². The fourth-order valence-electron chi connectivity index (χ4n) is 3.62. The smallest absolute Gasteiger partial charge is 0.337 e. The van der Waals surface area contributed by atoms with Crippen LogP contribution in [0.1, 0.15) is 22.3 Å². The molecule has 0 saturated carbocycles. The number of non-ortho nitro benzene ring substituents is 1. The third kappa shape index (κ3) is 5.26. The first kappa shape index (κ1) is 25.7. The Kier molecular flexibility index (Phi) is 6.66. The van der Waals surface area contributed by atoms with Gasteiger partial charge in [-0.25, -0.2) is 26.0 Å². The van der Waals surface area contributed by atoms with E-state index in [1.807, 2.05) is 0 Å². The fraction of sp³-hybridized carbons (Fsp3) is 0.0909. The summed E-state index contributed by atoms with van der Waals surface area (Å²) in [5, 5.41) is 24.7. The van der Waals surface area contributed by atoms with E-state index in [9.17, 15) is 41.2 Å². The molecular weight excluding hydrogens is 531 g/mol. The average molecular weight is 549 g/mol. The molecule has 4 rings (SSSR count). The summed E-state index contributed by atoms with van der Waals surface area (Å²) >= 11 is 0. The lowest BCUT2D eigenvalue weighted by atomic mass is 10.1. The Hall–Kier alpha value is -4.37. The van der Waals surface area contributed by atoms with E-state index in [-0.39, 0.29) is 45.3 Å². The Morgan fingerprint density at radius 2 is 1.81 bits per heavy atom. The molecule has 0 fully saturated rings. The summed E-state index contributed by atoms with van der Waals surface area (Å²) in [4.78, 5) is 21.2. The van der Waals surface area contributed by atoms with Crippen molar-refractivity contribution in [1.29, 1.82) is 0 Å². The van der Waals surface area contributed by atoms with Gasteiger partial charge in [0.15, 0.2) is 9.84 Å². The highest BCUT2D eigenvalue weighted by molar-refractivity contribution is 7.93. The number of nitrogens with zero attached hydrogens (tertiary/aromatic N) is 2. The van der Waals surface area contributed by atoms with Crippen LogP contribution in [0.2, 0.25) is 0 Å². The minimum Gasteiger partial charge on any atom is -0.478 e. The summed E-state index contributed by atoms with van der Waals surface area (Å²) in [5.74, 6) is -2.42. The van der Waals surface area contributed by atoms with E-state index in [0.717, 1.165) is 36.4 Å². The Labute approximate surface area is 209 Å². The SMILES string of the molecule is O=C(O)c1ccccc1NS(=O)(=O)c1cc([N+](=O)[O-])ccc1NN=C1CCS(=O)(=O)c2ccc(F)cc21. The van der Waals surface area contributed by atoms with Crippen LogP contribution in [0.5, 0.6) is 0 Å². The van der Waals surface area contributed by atoms with Crippen molar-refractivity contribution in [3.05, 3.63) is 87.7 Å². The molecule has 0 aliphatic carbocycles. The minimum absolute atomic E-state index is 0.00132. The van der Waals surface area contributed by atoms with Gasteiger partial charge in [0.2, 0.25) is 0 Å². The number of nitro groups is 1. The van der Waals surface area contributed by atoms with Crippen LogP contribution < -0.4 is 10.1 Å². The molecule has 0 spiro atoms. The Balaban J connectivity index is 1.77. The molecule has 1 heterocycles. The number of anilines is 2. The quantitative estimate of drug-likeness (QED) is 0.226. The van der Waals surface area contributed by atoms with Crippen LogP contribution in [-0.2, 0) is 19.9 Å². The van der Waals surface area contributed by atoms with Gasteiger partial charge in [0.1, 0.15) is 10.7 Å². The maximum atomic E-state index is 13.9. The zero-order valence-corrected chi connectivity index (χ0v) is 20.2. The number of nitro benzene ring substituents is 1. The normalized spacial score (nSPS) is 15.5. The zero-order valence-electron chi connectivity index (χ0n) is 18.6. The van der Waals surface area contributed by atoms with Gasteiger partial charge in [-0.15, -0.1) is 0 Å². The van der Waals surface area contributed by atoms with E-state index in [1.54, 1.807) is 0 Å². The molecule has 3 aromatic rings. The molecule has 15 heteroatoms. The van der Waals surface area contributed by atoms with E-state index in [0.29, 0.717) is 0 Å². The van der Waals surface area contributed by atoms with Gasteiger partial charge >= 0.3 is 5.97 Å². The van der Waals surface area contributed by atoms with Crippen molar-refractivity contribution in [2.24, 2.45) is 5.10 Å². The number of sulfonamides is 1. The van der Waals surface area contributed by atoms with Crippen LogP contribution in [0.15, 0.2) is 75.6 Å². The Morgan fingerprint density at radius 3 is 2.51 bits per heavy atom. The number of hydrogen-bond acceptors (Lipinski definition) is 9. The molecule has 1 aliphatic heterocycles. The van der Waals surface area contributed by atoms with Crippen molar-refractivity contribution in [2.75, 3.05) is 15.9 Å². The van der Waals surface area contributed by atoms with E-state index < -0.39 is 47.2 Å². The first-order chi connectivity index (χ1) is 17.4. The number of sulfone groups is 1. The van der Waals surface area contributed by atoms with Crippen molar-refractivity contribution in [3.8, 4) is 0 Å². The van der Waals surface area contributed by atoms with Crippen LogP contribution in [0.3, 0.4) is 0 Å². The number of carboxylic acid groups (broad SMARTS) is 1. The first-order valence-electron chi connectivity index (χ1n) is 10.4. The largest absolute Gasteiger partial charge is 0.478 e. The molecule has 0 atom stereocenters. The van der Waals surface area contributed by atoms with Crippen molar-refractivity contribution in [2.45, 2.75) is 16.2 Å². The van der Waals surface area contributed by atoms with Gasteiger partial charge in [-0.3, -0.25) is 20.3 Å². The predicted octanol–water partition coefficient (Wildman–Crippen LogP) is 3.23. The number of aromatic carboxylic acids is 1. The number of fused-ring (bicyclic) bond motifs is 1. The van der Waals surface area contributed by atoms with E-state index in [1.165, 1.54) is 24.3 Å². The Morgan fingerprint density at radius 1 is 1.08 bits per heavy atom. The summed E-state index contributed by atoms with van der Waals surface area (Å²) in [6.07, 6.45) is -0.106. The second-order valence-corrected chi connectivity index (χ2v) is 11.5. The molecule has 3 N–H and O–H groups in total. The molecule has 0 bridgehead atoms. The first-order valence-corrected chi connectivity index (χ1v) is 13.5. The predicted molar refractivity (Wildman–Crippen MR) is 131 cm³/mol. The summed E-state index contributed by atoms with van der Waals surface area (Å²) in [7, 11) is -8.27. The van der Waals surface area contributed by atoms with E-state index in [4.69, 9.17) is 0 Å². The van der Waals surface area contributed by atoms with E-state index in [2.05, 4.69) is 15.2 Å². The molecule has 1 aliphatic rings. The molecule has 37 heavy (non-hydrogen) atoms. The molecule has 0 radical (unpaired) electrons. The molecular formula is C22H17FN4O8S2. The average Bonchev–Trinajstić information content (AvgIpc) is 2.83. The lowest BCUT2D eigenvalue weighted by Crippen LogP contribution is -2.23. The van der Waals surface area contributed by atoms with Gasteiger partial charge in [0, 0.05) is 24.1 Å². The highest BCUT2D eigenvalue weighted by atomic mass is 32.2. The van der Waals surface area contributed by atoms with Gasteiger partial charge in [-0.2, -0.15) is 5.10 Å². The topological polar surface area (TPSA) is 185 Å². The zero-order chi connectivity index (χ0) is 27.0. The van der Waals surface area contributed by atoms with Crippen LogP contribution in [0.25, 0.3) is 0 Å². The standard InChI is InChI=1S/C22H17FN4O8S2/c23-13-5-8-20-16(11-13)17(9-10-36(20,32)33)24-25-19-7-6-14(27(30)31)12-21(19)37(34,35)26-18-4-2-1-3-15(18)22(28)29/h1-8,11-12,25-26H,9-10H2,(H,28,29). The maximum absolute atomic E-state index is 13.9. The number of halogens is 1. The van der Waals surface area contributed by atoms with Gasteiger partial charge in [0.05, 0.1) is 38.2 Å². The fourth-order valence-corrected chi connectivity index (χ4v) is 6.34. The number of carbonyl (C=O) groups is 1. The van der Waals surface area contributed by atoms with Gasteiger partial charge < -0.3 is 5.11 Å². The van der Waals surface area contributed by atoms with E-state index >= 15 is 0 Å².